The molecule has 1 fully saturated rings. The van der Waals surface area contributed by atoms with Gasteiger partial charge < -0.3 is 4.90 Å². The molecule has 0 saturated carbocycles. The fourth-order valence-corrected chi connectivity index (χ4v) is 2.19. The van der Waals surface area contributed by atoms with Gasteiger partial charge >= 0.3 is 6.03 Å². The number of hydrogen-bond donors (Lipinski definition) is 1. The average Bonchev–Trinajstić information content (AvgIpc) is 2.30. The third-order valence-corrected chi connectivity index (χ3v) is 3.48. The van der Waals surface area contributed by atoms with Crippen LogP contribution in [0.5, 0.6) is 0 Å². The number of hydrogen-bond acceptors (Lipinski definition) is 2. The van der Waals surface area contributed by atoms with Crippen LogP contribution < -0.4 is 5.32 Å². The molecule has 1 saturated heterocycles. The van der Waals surface area contributed by atoms with Crippen LogP contribution in [0.1, 0.15) is 46.5 Å². The molecule has 0 aromatic rings. The summed E-state index contributed by atoms with van der Waals surface area (Å²) in [7, 11) is 0. The molecule has 2 unspecified atom stereocenters. The number of carbonyl (C=O) groups is 2. The predicted molar refractivity (Wildman–Crippen MR) is 67.6 cm³/mol. The van der Waals surface area contributed by atoms with Crippen LogP contribution in [-0.2, 0) is 4.79 Å². The minimum absolute atomic E-state index is 0.0867. The molecule has 17 heavy (non-hydrogen) atoms. The van der Waals surface area contributed by atoms with Crippen LogP contribution in [0.15, 0.2) is 0 Å². The molecular formula is C13H24N2O2. The summed E-state index contributed by atoms with van der Waals surface area (Å²) >= 11 is 0. The fraction of sp³-hybridized carbons (Fsp3) is 0.846. The van der Waals surface area contributed by atoms with Gasteiger partial charge in [0.2, 0.25) is 5.91 Å². The van der Waals surface area contributed by atoms with Gasteiger partial charge in [-0.25, -0.2) is 4.79 Å². The minimum Gasteiger partial charge on any atom is -0.323 e. The molecule has 4 heteroatoms. The lowest BCUT2D eigenvalue weighted by atomic mass is 9.98. The monoisotopic (exact) mass is 240 g/mol. The highest BCUT2D eigenvalue weighted by atomic mass is 16.2. The van der Waals surface area contributed by atoms with E-state index in [-0.39, 0.29) is 17.9 Å². The van der Waals surface area contributed by atoms with E-state index in [1.807, 2.05) is 6.92 Å². The van der Waals surface area contributed by atoms with E-state index in [1.54, 1.807) is 4.90 Å². The normalized spacial score (nSPS) is 22.5. The lowest BCUT2D eigenvalue weighted by molar-refractivity contribution is -0.125. The first-order valence-electron chi connectivity index (χ1n) is 6.68. The molecule has 0 aromatic heterocycles. The third kappa shape index (κ3) is 4.02. The highest BCUT2D eigenvalue weighted by molar-refractivity contribution is 5.97. The first-order chi connectivity index (χ1) is 8.08. The Morgan fingerprint density at radius 3 is 2.71 bits per heavy atom. The van der Waals surface area contributed by atoms with E-state index in [1.165, 1.54) is 19.3 Å². The number of imide groups is 1. The van der Waals surface area contributed by atoms with Gasteiger partial charge in [-0.3, -0.25) is 10.1 Å². The molecule has 0 aromatic carbocycles. The molecule has 0 radical (unpaired) electrons. The highest BCUT2D eigenvalue weighted by Crippen LogP contribution is 2.17. The number of nitrogens with one attached hydrogen (secondary N) is 1. The smallest absolute Gasteiger partial charge is 0.323 e. The molecule has 1 heterocycles. The van der Waals surface area contributed by atoms with Crippen molar-refractivity contribution < 1.29 is 9.59 Å². The molecule has 0 spiro atoms. The van der Waals surface area contributed by atoms with Crippen molar-refractivity contribution in [2.75, 3.05) is 13.1 Å². The van der Waals surface area contributed by atoms with Crippen LogP contribution in [0, 0.1) is 11.8 Å². The lowest BCUT2D eigenvalue weighted by Crippen LogP contribution is -2.54. The SMILES string of the molecule is CCCCC(CC)CN1CC(C)C(=O)NC1=O. The Hall–Kier alpha value is -1.06. The van der Waals surface area contributed by atoms with Crippen molar-refractivity contribution in [3.8, 4) is 0 Å². The molecular weight excluding hydrogens is 216 g/mol. The zero-order valence-corrected chi connectivity index (χ0v) is 11.2. The van der Waals surface area contributed by atoms with Gasteiger partial charge in [0, 0.05) is 13.1 Å². The largest absolute Gasteiger partial charge is 0.324 e. The Bertz CT molecular complexity index is 279. The first-order valence-corrected chi connectivity index (χ1v) is 6.68. The molecule has 1 aliphatic heterocycles. The Balaban J connectivity index is 2.48. The summed E-state index contributed by atoms with van der Waals surface area (Å²) in [6.45, 7) is 7.55. The van der Waals surface area contributed by atoms with Gasteiger partial charge in [-0.2, -0.15) is 0 Å². The Morgan fingerprint density at radius 2 is 2.12 bits per heavy atom. The maximum atomic E-state index is 11.7. The second kappa shape index (κ2) is 6.62. The number of carbonyl (C=O) groups excluding carboxylic acids is 2. The van der Waals surface area contributed by atoms with Gasteiger partial charge in [0.25, 0.3) is 0 Å². The lowest BCUT2D eigenvalue weighted by Gasteiger charge is -2.33. The zero-order valence-electron chi connectivity index (χ0n) is 11.2. The molecule has 0 aliphatic carbocycles. The highest BCUT2D eigenvalue weighted by Gasteiger charge is 2.29. The standard InChI is InChI=1S/C13H24N2O2/c1-4-6-7-11(5-2)9-15-8-10(3)12(16)14-13(15)17/h10-11H,4-9H2,1-3H3,(H,14,16,17). The van der Waals surface area contributed by atoms with Crippen molar-refractivity contribution in [3.05, 3.63) is 0 Å². The summed E-state index contributed by atoms with van der Waals surface area (Å²) in [4.78, 5) is 24.8. The van der Waals surface area contributed by atoms with E-state index in [4.69, 9.17) is 0 Å². The molecule has 0 bridgehead atoms. The van der Waals surface area contributed by atoms with Crippen molar-refractivity contribution in [1.82, 2.24) is 10.2 Å². The minimum atomic E-state index is -0.219. The van der Waals surface area contributed by atoms with Gasteiger partial charge in [0.05, 0.1) is 5.92 Å². The molecule has 2 atom stereocenters. The topological polar surface area (TPSA) is 49.4 Å². The van der Waals surface area contributed by atoms with E-state index in [0.29, 0.717) is 12.5 Å². The summed E-state index contributed by atoms with van der Waals surface area (Å²) in [5, 5.41) is 2.41. The van der Waals surface area contributed by atoms with E-state index in [9.17, 15) is 9.59 Å². The van der Waals surface area contributed by atoms with Gasteiger partial charge in [-0.15, -0.1) is 0 Å². The number of nitrogens with zero attached hydrogens (tertiary/aromatic N) is 1. The Morgan fingerprint density at radius 1 is 1.41 bits per heavy atom. The first kappa shape index (κ1) is 14.0. The molecule has 4 nitrogen and oxygen atoms in total. The van der Waals surface area contributed by atoms with Gasteiger partial charge in [0.1, 0.15) is 0 Å². The van der Waals surface area contributed by atoms with E-state index >= 15 is 0 Å². The Labute approximate surface area is 104 Å². The van der Waals surface area contributed by atoms with Crippen LogP contribution >= 0.6 is 0 Å². The summed E-state index contributed by atoms with van der Waals surface area (Å²) in [6, 6.07) is -0.219. The predicted octanol–water partition coefficient (Wildman–Crippen LogP) is 2.39. The summed E-state index contributed by atoms with van der Waals surface area (Å²) in [5.41, 5.74) is 0. The van der Waals surface area contributed by atoms with Crippen LogP contribution in [0.4, 0.5) is 4.79 Å². The van der Waals surface area contributed by atoms with Gasteiger partial charge in [-0.05, 0) is 12.3 Å². The van der Waals surface area contributed by atoms with Crippen LogP contribution in [0.25, 0.3) is 0 Å². The van der Waals surface area contributed by atoms with Crippen LogP contribution in [0.3, 0.4) is 0 Å². The van der Waals surface area contributed by atoms with Crippen molar-refractivity contribution in [2.45, 2.75) is 46.5 Å². The molecule has 1 rings (SSSR count). The number of amides is 3. The zero-order chi connectivity index (χ0) is 12.8. The molecule has 1 N–H and O–H groups in total. The van der Waals surface area contributed by atoms with E-state index < -0.39 is 0 Å². The third-order valence-electron chi connectivity index (χ3n) is 3.48. The number of rotatable bonds is 6. The number of unbranched alkanes of at least 4 members (excludes halogenated alkanes) is 1. The van der Waals surface area contributed by atoms with E-state index in [0.717, 1.165) is 13.0 Å². The maximum absolute atomic E-state index is 11.7. The summed E-state index contributed by atoms with van der Waals surface area (Å²) in [6.07, 6.45) is 4.66. The maximum Gasteiger partial charge on any atom is 0.324 e. The molecule has 3 amide bonds. The van der Waals surface area contributed by atoms with Gasteiger partial charge in [-0.1, -0.05) is 40.0 Å². The van der Waals surface area contributed by atoms with Crippen LogP contribution in [0.2, 0.25) is 0 Å². The van der Waals surface area contributed by atoms with Crippen molar-refractivity contribution in [3.63, 3.8) is 0 Å². The number of urea groups is 1. The average molecular weight is 240 g/mol. The quantitative estimate of drug-likeness (QED) is 0.775. The second-order valence-electron chi connectivity index (χ2n) is 5.02. The fourth-order valence-electron chi connectivity index (χ4n) is 2.19. The van der Waals surface area contributed by atoms with Crippen molar-refractivity contribution in [2.24, 2.45) is 11.8 Å². The van der Waals surface area contributed by atoms with Crippen molar-refractivity contribution >= 4 is 11.9 Å². The molecule has 98 valence electrons. The summed E-state index contributed by atoms with van der Waals surface area (Å²) in [5.74, 6) is 0.324. The summed E-state index contributed by atoms with van der Waals surface area (Å²) < 4.78 is 0. The van der Waals surface area contributed by atoms with Crippen LogP contribution in [-0.4, -0.2) is 29.9 Å². The van der Waals surface area contributed by atoms with E-state index in [2.05, 4.69) is 19.2 Å². The Kier molecular flexibility index (Phi) is 5.45. The van der Waals surface area contributed by atoms with Gasteiger partial charge in [0.15, 0.2) is 0 Å². The van der Waals surface area contributed by atoms with Crippen molar-refractivity contribution in [1.29, 1.82) is 0 Å². The second-order valence-corrected chi connectivity index (χ2v) is 5.02. The molecule has 1 aliphatic rings.